The Labute approximate surface area is 119 Å². The average molecular weight is 275 g/mol. The highest BCUT2D eigenvalue weighted by molar-refractivity contribution is 5.88. The van der Waals surface area contributed by atoms with Crippen LogP contribution in [0, 0.1) is 11.8 Å². The van der Waals surface area contributed by atoms with E-state index < -0.39 is 5.97 Å². The molecule has 1 heterocycles. The zero-order valence-corrected chi connectivity index (χ0v) is 12.0. The summed E-state index contributed by atoms with van der Waals surface area (Å²) in [6, 6.07) is 6.62. The van der Waals surface area contributed by atoms with Crippen LogP contribution >= 0.6 is 0 Å². The lowest BCUT2D eigenvalue weighted by atomic mass is 9.88. The highest BCUT2D eigenvalue weighted by atomic mass is 16.4. The molecule has 4 nitrogen and oxygen atoms in total. The molecule has 1 amide bonds. The minimum Gasteiger partial charge on any atom is -0.478 e. The summed E-state index contributed by atoms with van der Waals surface area (Å²) in [7, 11) is 0. The van der Waals surface area contributed by atoms with Gasteiger partial charge in [0.25, 0.3) is 0 Å². The van der Waals surface area contributed by atoms with Gasteiger partial charge >= 0.3 is 5.97 Å². The first-order valence-corrected chi connectivity index (χ1v) is 7.07. The SMILES string of the molecule is CC1CCN(C(=O)Cc2cccc(C(=O)O)c2)CC1C. The summed E-state index contributed by atoms with van der Waals surface area (Å²) in [5.41, 5.74) is 0.997. The molecule has 2 rings (SSSR count). The number of piperidine rings is 1. The van der Waals surface area contributed by atoms with Crippen LogP contribution < -0.4 is 0 Å². The van der Waals surface area contributed by atoms with Crippen molar-refractivity contribution in [3.05, 3.63) is 35.4 Å². The normalized spacial score (nSPS) is 22.6. The number of hydrogen-bond acceptors (Lipinski definition) is 2. The number of hydrogen-bond donors (Lipinski definition) is 1. The summed E-state index contributed by atoms with van der Waals surface area (Å²) in [5.74, 6) is 0.318. The van der Waals surface area contributed by atoms with E-state index in [9.17, 15) is 9.59 Å². The lowest BCUT2D eigenvalue weighted by molar-refractivity contribution is -0.132. The molecule has 4 heteroatoms. The van der Waals surface area contributed by atoms with Crippen molar-refractivity contribution in [2.45, 2.75) is 26.7 Å². The fourth-order valence-corrected chi connectivity index (χ4v) is 2.59. The van der Waals surface area contributed by atoms with E-state index in [0.29, 0.717) is 11.8 Å². The van der Waals surface area contributed by atoms with Crippen LogP contribution in [-0.4, -0.2) is 35.0 Å². The van der Waals surface area contributed by atoms with Crippen LogP contribution in [0.2, 0.25) is 0 Å². The van der Waals surface area contributed by atoms with Crippen molar-refractivity contribution in [2.24, 2.45) is 11.8 Å². The summed E-state index contributed by atoms with van der Waals surface area (Å²) in [4.78, 5) is 25.1. The summed E-state index contributed by atoms with van der Waals surface area (Å²) in [6.45, 7) is 6.01. The molecule has 0 saturated carbocycles. The zero-order valence-electron chi connectivity index (χ0n) is 12.0. The highest BCUT2D eigenvalue weighted by Crippen LogP contribution is 2.23. The van der Waals surface area contributed by atoms with Gasteiger partial charge in [-0.15, -0.1) is 0 Å². The second-order valence-corrected chi connectivity index (χ2v) is 5.77. The van der Waals surface area contributed by atoms with Crippen LogP contribution in [-0.2, 0) is 11.2 Å². The Bertz CT molecular complexity index is 512. The summed E-state index contributed by atoms with van der Waals surface area (Å²) in [5, 5.41) is 8.96. The van der Waals surface area contributed by atoms with E-state index in [1.807, 2.05) is 4.90 Å². The Hall–Kier alpha value is -1.84. The zero-order chi connectivity index (χ0) is 14.7. The van der Waals surface area contributed by atoms with Crippen molar-refractivity contribution >= 4 is 11.9 Å². The number of nitrogens with zero attached hydrogens (tertiary/aromatic N) is 1. The molecule has 2 atom stereocenters. The molecule has 1 aromatic rings. The highest BCUT2D eigenvalue weighted by Gasteiger charge is 2.25. The van der Waals surface area contributed by atoms with E-state index in [-0.39, 0.29) is 17.9 Å². The Kier molecular flexibility index (Phi) is 4.42. The molecule has 0 spiro atoms. The average Bonchev–Trinajstić information content (AvgIpc) is 2.42. The smallest absolute Gasteiger partial charge is 0.335 e. The molecule has 0 bridgehead atoms. The Morgan fingerprint density at radius 2 is 2.05 bits per heavy atom. The summed E-state index contributed by atoms with van der Waals surface area (Å²) >= 11 is 0. The molecule has 1 aliphatic rings. The monoisotopic (exact) mass is 275 g/mol. The summed E-state index contributed by atoms with van der Waals surface area (Å²) in [6.07, 6.45) is 1.32. The number of carboxylic acid groups (broad SMARTS) is 1. The summed E-state index contributed by atoms with van der Waals surface area (Å²) < 4.78 is 0. The van der Waals surface area contributed by atoms with Crippen LogP contribution in [0.3, 0.4) is 0 Å². The first-order valence-electron chi connectivity index (χ1n) is 7.07. The van der Waals surface area contributed by atoms with Gasteiger partial charge in [0.1, 0.15) is 0 Å². The van der Waals surface area contributed by atoms with Crippen molar-refractivity contribution in [1.29, 1.82) is 0 Å². The molecule has 1 N–H and O–H groups in total. The Balaban J connectivity index is 2.01. The lowest BCUT2D eigenvalue weighted by Gasteiger charge is -2.35. The predicted molar refractivity (Wildman–Crippen MR) is 76.6 cm³/mol. The maximum absolute atomic E-state index is 12.3. The van der Waals surface area contributed by atoms with E-state index in [1.54, 1.807) is 24.3 Å². The molecule has 108 valence electrons. The molecule has 1 aliphatic heterocycles. The number of carbonyl (C=O) groups is 2. The van der Waals surface area contributed by atoms with Gasteiger partial charge < -0.3 is 10.0 Å². The quantitative estimate of drug-likeness (QED) is 0.921. The van der Waals surface area contributed by atoms with E-state index >= 15 is 0 Å². The standard InChI is InChI=1S/C16H21NO3/c1-11-6-7-17(10-12(11)2)15(18)9-13-4-3-5-14(8-13)16(19)20/h3-5,8,11-12H,6-7,9-10H2,1-2H3,(H,19,20). The van der Waals surface area contributed by atoms with Crippen LogP contribution in [0.25, 0.3) is 0 Å². The molecule has 0 radical (unpaired) electrons. The Morgan fingerprint density at radius 3 is 2.70 bits per heavy atom. The number of benzene rings is 1. The van der Waals surface area contributed by atoms with Crippen LogP contribution in [0.1, 0.15) is 36.2 Å². The van der Waals surface area contributed by atoms with E-state index in [0.717, 1.165) is 25.1 Å². The van der Waals surface area contributed by atoms with Gasteiger partial charge in [-0.3, -0.25) is 4.79 Å². The second-order valence-electron chi connectivity index (χ2n) is 5.77. The van der Waals surface area contributed by atoms with Gasteiger partial charge in [0, 0.05) is 13.1 Å². The van der Waals surface area contributed by atoms with E-state index in [2.05, 4.69) is 13.8 Å². The molecule has 1 fully saturated rings. The second kappa shape index (κ2) is 6.07. The van der Waals surface area contributed by atoms with E-state index in [1.165, 1.54) is 0 Å². The van der Waals surface area contributed by atoms with Crippen molar-refractivity contribution in [3.8, 4) is 0 Å². The van der Waals surface area contributed by atoms with Crippen LogP contribution in [0.15, 0.2) is 24.3 Å². The molecular weight excluding hydrogens is 254 g/mol. The minimum atomic E-state index is -0.959. The van der Waals surface area contributed by atoms with Gasteiger partial charge in [-0.2, -0.15) is 0 Å². The largest absolute Gasteiger partial charge is 0.478 e. The third-order valence-electron chi connectivity index (χ3n) is 4.22. The lowest BCUT2D eigenvalue weighted by Crippen LogP contribution is -2.42. The number of carboxylic acids is 1. The predicted octanol–water partition coefficient (Wildman–Crippen LogP) is 2.43. The van der Waals surface area contributed by atoms with Crippen LogP contribution in [0.5, 0.6) is 0 Å². The van der Waals surface area contributed by atoms with E-state index in [4.69, 9.17) is 5.11 Å². The molecular formula is C16H21NO3. The topological polar surface area (TPSA) is 57.6 Å². The first-order chi connectivity index (χ1) is 9.47. The molecule has 2 unspecified atom stereocenters. The maximum atomic E-state index is 12.3. The van der Waals surface area contributed by atoms with Crippen molar-refractivity contribution in [3.63, 3.8) is 0 Å². The first kappa shape index (κ1) is 14.6. The molecule has 1 aromatic carbocycles. The van der Waals surface area contributed by atoms with Gasteiger partial charge in [0.2, 0.25) is 5.91 Å². The number of likely N-dealkylation sites (tertiary alicyclic amines) is 1. The third kappa shape index (κ3) is 3.38. The number of carbonyl (C=O) groups excluding carboxylic acids is 1. The van der Waals surface area contributed by atoms with Crippen molar-refractivity contribution < 1.29 is 14.7 Å². The van der Waals surface area contributed by atoms with Crippen molar-refractivity contribution in [1.82, 2.24) is 4.90 Å². The van der Waals surface area contributed by atoms with Gasteiger partial charge in [-0.25, -0.2) is 4.79 Å². The fourth-order valence-electron chi connectivity index (χ4n) is 2.59. The fraction of sp³-hybridized carbons (Fsp3) is 0.500. The van der Waals surface area contributed by atoms with Crippen molar-refractivity contribution in [2.75, 3.05) is 13.1 Å². The maximum Gasteiger partial charge on any atom is 0.335 e. The van der Waals surface area contributed by atoms with Crippen LogP contribution in [0.4, 0.5) is 0 Å². The Morgan fingerprint density at radius 1 is 1.30 bits per heavy atom. The molecule has 0 aromatic heterocycles. The molecule has 20 heavy (non-hydrogen) atoms. The number of rotatable bonds is 3. The minimum absolute atomic E-state index is 0.0892. The number of amides is 1. The number of aromatic carboxylic acids is 1. The van der Waals surface area contributed by atoms with Gasteiger partial charge in [0.15, 0.2) is 0 Å². The molecule has 0 aliphatic carbocycles. The molecule has 1 saturated heterocycles. The van der Waals surface area contributed by atoms with Gasteiger partial charge in [-0.1, -0.05) is 26.0 Å². The van der Waals surface area contributed by atoms with Gasteiger partial charge in [0.05, 0.1) is 12.0 Å². The van der Waals surface area contributed by atoms with Gasteiger partial charge in [-0.05, 0) is 36.0 Å². The third-order valence-corrected chi connectivity index (χ3v) is 4.22.